The van der Waals surface area contributed by atoms with Crippen LogP contribution in [0.2, 0.25) is 0 Å². The van der Waals surface area contributed by atoms with Crippen LogP contribution in [0.4, 0.5) is 0 Å². The third-order valence-electron chi connectivity index (χ3n) is 9.00. The first-order valence-electron chi connectivity index (χ1n) is 15.5. The Bertz CT molecular complexity index is 1770. The summed E-state index contributed by atoms with van der Waals surface area (Å²) in [5, 5.41) is 15.7. The van der Waals surface area contributed by atoms with Gasteiger partial charge in [0.2, 0.25) is 0 Å². The standard InChI is InChI=1S/C34H36N8O2S/c1-23-21-29-36-37-30(24(2)42(29)38-23)34(44)40-15-13-27(14-16-40)32-35-28(22-45-32)33(43)41-19-17-39(18-20-41)31(25-9-5-3-6-10-25)26-11-7-4-8-12-26/h3-12,21-22,27,31H,13-20H2,1-2H3. The van der Waals surface area contributed by atoms with Crippen LogP contribution < -0.4 is 0 Å². The summed E-state index contributed by atoms with van der Waals surface area (Å²) < 4.78 is 1.68. The Morgan fingerprint density at radius 3 is 2.07 bits per heavy atom. The number of amides is 2. The molecule has 0 bridgehead atoms. The highest BCUT2D eigenvalue weighted by Crippen LogP contribution is 2.32. The number of hydrogen-bond donors (Lipinski definition) is 0. The number of carbonyl (C=O) groups excluding carboxylic acids is 2. The molecule has 2 aliphatic heterocycles. The molecule has 0 N–H and O–H groups in total. The average molecular weight is 621 g/mol. The number of nitrogens with zero attached hydrogens (tertiary/aromatic N) is 8. The molecule has 10 nitrogen and oxygen atoms in total. The molecule has 2 saturated heterocycles. The van der Waals surface area contributed by atoms with Crippen molar-refractivity contribution in [1.82, 2.24) is 39.5 Å². The molecule has 11 heteroatoms. The van der Waals surface area contributed by atoms with Gasteiger partial charge in [-0.1, -0.05) is 60.7 Å². The lowest BCUT2D eigenvalue weighted by Gasteiger charge is -2.39. The van der Waals surface area contributed by atoms with Crippen molar-refractivity contribution in [1.29, 1.82) is 0 Å². The molecule has 230 valence electrons. The minimum atomic E-state index is -0.121. The van der Waals surface area contributed by atoms with Crippen molar-refractivity contribution < 1.29 is 9.59 Å². The molecule has 2 aromatic carbocycles. The molecule has 45 heavy (non-hydrogen) atoms. The van der Waals surface area contributed by atoms with Gasteiger partial charge >= 0.3 is 0 Å². The smallest absolute Gasteiger partial charge is 0.276 e. The molecule has 5 aromatic rings. The second-order valence-electron chi connectivity index (χ2n) is 11.9. The van der Waals surface area contributed by atoms with Crippen LogP contribution in [-0.2, 0) is 0 Å². The predicted octanol–water partition coefficient (Wildman–Crippen LogP) is 4.76. The van der Waals surface area contributed by atoms with E-state index in [9.17, 15) is 9.59 Å². The van der Waals surface area contributed by atoms with Gasteiger partial charge in [0.25, 0.3) is 11.8 Å². The molecule has 2 aliphatic rings. The molecule has 2 fully saturated rings. The maximum Gasteiger partial charge on any atom is 0.276 e. The van der Waals surface area contributed by atoms with Crippen LogP contribution in [0, 0.1) is 13.8 Å². The van der Waals surface area contributed by atoms with E-state index < -0.39 is 0 Å². The minimum absolute atomic E-state index is 0.000893. The molecule has 2 amide bonds. The molecule has 0 aliphatic carbocycles. The molecule has 5 heterocycles. The Labute approximate surface area is 266 Å². The summed E-state index contributed by atoms with van der Waals surface area (Å²) in [6, 6.07) is 23.2. The summed E-state index contributed by atoms with van der Waals surface area (Å²) in [5.74, 6) is 0.0989. The summed E-state index contributed by atoms with van der Waals surface area (Å²) in [6.07, 6.45) is 1.59. The maximum absolute atomic E-state index is 13.5. The van der Waals surface area contributed by atoms with Gasteiger partial charge in [0, 0.05) is 56.6 Å². The topological polar surface area (TPSA) is 99.8 Å². The molecule has 0 atom stereocenters. The quantitative estimate of drug-likeness (QED) is 0.270. The number of fused-ring (bicyclic) bond motifs is 1. The van der Waals surface area contributed by atoms with Gasteiger partial charge in [-0.2, -0.15) is 5.10 Å². The lowest BCUT2D eigenvalue weighted by Crippen LogP contribution is -2.50. The van der Waals surface area contributed by atoms with Crippen molar-refractivity contribution in [3.05, 3.63) is 111 Å². The molecule has 0 unspecified atom stereocenters. The highest BCUT2D eigenvalue weighted by atomic mass is 32.1. The van der Waals surface area contributed by atoms with E-state index in [-0.39, 0.29) is 23.8 Å². The SMILES string of the molecule is Cc1cc2nnc(C(=O)N3CCC(c4nc(C(=O)N5CCN(C(c6ccccc6)c6ccccc6)CC5)cs4)CC3)c(C)n2n1. The molecule has 0 spiro atoms. The lowest BCUT2D eigenvalue weighted by molar-refractivity contribution is 0.0592. The van der Waals surface area contributed by atoms with E-state index in [1.807, 2.05) is 47.2 Å². The van der Waals surface area contributed by atoms with Crippen molar-refractivity contribution in [2.24, 2.45) is 0 Å². The van der Waals surface area contributed by atoms with E-state index in [1.54, 1.807) is 15.9 Å². The van der Waals surface area contributed by atoms with Gasteiger partial charge in [-0.3, -0.25) is 14.5 Å². The number of piperidine rings is 1. The van der Waals surface area contributed by atoms with E-state index in [4.69, 9.17) is 4.98 Å². The first-order chi connectivity index (χ1) is 22.0. The predicted molar refractivity (Wildman–Crippen MR) is 172 cm³/mol. The van der Waals surface area contributed by atoms with Gasteiger partial charge in [-0.25, -0.2) is 9.50 Å². The Kier molecular flexibility index (Phi) is 8.12. The lowest BCUT2D eigenvalue weighted by atomic mass is 9.96. The van der Waals surface area contributed by atoms with Crippen LogP contribution in [-0.4, -0.2) is 90.6 Å². The zero-order valence-electron chi connectivity index (χ0n) is 25.5. The van der Waals surface area contributed by atoms with E-state index in [0.717, 1.165) is 36.6 Å². The summed E-state index contributed by atoms with van der Waals surface area (Å²) in [7, 11) is 0. The number of benzene rings is 2. The Morgan fingerprint density at radius 2 is 1.42 bits per heavy atom. The van der Waals surface area contributed by atoms with E-state index in [2.05, 4.69) is 68.7 Å². The second-order valence-corrected chi connectivity index (χ2v) is 12.8. The summed E-state index contributed by atoms with van der Waals surface area (Å²) in [4.78, 5) is 37.9. The second kappa shape index (κ2) is 12.5. The normalized spacial score (nSPS) is 16.5. The minimum Gasteiger partial charge on any atom is -0.337 e. The van der Waals surface area contributed by atoms with Crippen LogP contribution in [0.15, 0.2) is 72.1 Å². The number of piperazine rings is 1. The number of rotatable bonds is 6. The fourth-order valence-corrected chi connectivity index (χ4v) is 7.52. The molecule has 3 aromatic heterocycles. The Balaban J connectivity index is 0.962. The zero-order valence-corrected chi connectivity index (χ0v) is 26.4. The highest BCUT2D eigenvalue weighted by molar-refractivity contribution is 7.09. The third-order valence-corrected chi connectivity index (χ3v) is 10.0. The van der Waals surface area contributed by atoms with E-state index in [0.29, 0.717) is 48.9 Å². The van der Waals surface area contributed by atoms with Crippen molar-refractivity contribution in [3.8, 4) is 0 Å². The molecular weight excluding hydrogens is 584 g/mol. The fraction of sp³-hybridized carbons (Fsp3) is 0.353. The Morgan fingerprint density at radius 1 is 0.800 bits per heavy atom. The van der Waals surface area contributed by atoms with Gasteiger partial charge < -0.3 is 9.80 Å². The maximum atomic E-state index is 13.5. The molecule has 7 rings (SSSR count). The van der Waals surface area contributed by atoms with Crippen LogP contribution >= 0.6 is 11.3 Å². The molecular formula is C34H36N8O2S. The first-order valence-corrected chi connectivity index (χ1v) is 16.4. The van der Waals surface area contributed by atoms with E-state index in [1.165, 1.54) is 11.1 Å². The average Bonchev–Trinajstić information content (AvgIpc) is 3.73. The van der Waals surface area contributed by atoms with Crippen molar-refractivity contribution in [2.75, 3.05) is 39.3 Å². The number of carbonyl (C=O) groups is 2. The van der Waals surface area contributed by atoms with Gasteiger partial charge in [0.1, 0.15) is 5.69 Å². The number of aromatic nitrogens is 5. The van der Waals surface area contributed by atoms with E-state index >= 15 is 0 Å². The number of likely N-dealkylation sites (tertiary alicyclic amines) is 1. The van der Waals surface area contributed by atoms with Crippen molar-refractivity contribution in [3.63, 3.8) is 0 Å². The fourth-order valence-electron chi connectivity index (χ4n) is 6.56. The van der Waals surface area contributed by atoms with Crippen LogP contribution in [0.3, 0.4) is 0 Å². The zero-order chi connectivity index (χ0) is 30.9. The third kappa shape index (κ3) is 5.85. The van der Waals surface area contributed by atoms with Gasteiger partial charge in [0.15, 0.2) is 11.3 Å². The van der Waals surface area contributed by atoms with Crippen molar-refractivity contribution >= 4 is 28.8 Å². The summed E-state index contributed by atoms with van der Waals surface area (Å²) in [5.41, 5.74) is 5.55. The summed E-state index contributed by atoms with van der Waals surface area (Å²) >= 11 is 1.55. The largest absolute Gasteiger partial charge is 0.337 e. The number of hydrogen-bond acceptors (Lipinski definition) is 8. The van der Waals surface area contributed by atoms with Gasteiger partial charge in [0.05, 0.1) is 22.4 Å². The molecule has 0 radical (unpaired) electrons. The number of thiazole rings is 1. The van der Waals surface area contributed by atoms with Crippen LogP contribution in [0.1, 0.15) is 73.3 Å². The van der Waals surface area contributed by atoms with Crippen molar-refractivity contribution in [2.45, 2.75) is 38.6 Å². The highest BCUT2D eigenvalue weighted by Gasteiger charge is 2.32. The number of aryl methyl sites for hydroxylation is 2. The van der Waals surface area contributed by atoms with Crippen LogP contribution in [0.25, 0.3) is 5.65 Å². The summed E-state index contributed by atoms with van der Waals surface area (Å²) in [6.45, 7) is 7.87. The van der Waals surface area contributed by atoms with Gasteiger partial charge in [-0.05, 0) is 37.8 Å². The Hall–Kier alpha value is -4.48. The van der Waals surface area contributed by atoms with Gasteiger partial charge in [-0.15, -0.1) is 21.5 Å². The monoisotopic (exact) mass is 620 g/mol. The molecule has 0 saturated carbocycles. The first kappa shape index (κ1) is 29.2. The van der Waals surface area contributed by atoms with Crippen LogP contribution in [0.5, 0.6) is 0 Å².